The van der Waals surface area contributed by atoms with Crippen molar-refractivity contribution in [3.05, 3.63) is 29.8 Å². The molecular formula is C21H40IN5O. The van der Waals surface area contributed by atoms with Crippen molar-refractivity contribution < 1.29 is 4.74 Å². The molecule has 0 bridgehead atoms. The molecule has 6 nitrogen and oxygen atoms in total. The molecule has 0 radical (unpaired) electrons. The first-order valence-corrected chi connectivity index (χ1v) is 10.1. The lowest BCUT2D eigenvalue weighted by atomic mass is 10.2. The number of nitrogens with zero attached hydrogens (tertiary/aromatic N) is 2. The van der Waals surface area contributed by atoms with Crippen molar-refractivity contribution in [1.29, 1.82) is 0 Å². The Morgan fingerprint density at radius 2 is 1.68 bits per heavy atom. The van der Waals surface area contributed by atoms with Crippen LogP contribution in [0.2, 0.25) is 0 Å². The van der Waals surface area contributed by atoms with Crippen molar-refractivity contribution >= 4 is 35.6 Å². The second-order valence-corrected chi connectivity index (χ2v) is 7.16. The highest BCUT2D eigenvalue weighted by atomic mass is 127. The maximum Gasteiger partial charge on any atom is 0.191 e. The lowest BCUT2D eigenvalue weighted by Crippen LogP contribution is -2.45. The minimum absolute atomic E-state index is 0. The fourth-order valence-electron chi connectivity index (χ4n) is 2.95. The third-order valence-electron chi connectivity index (χ3n) is 4.34. The van der Waals surface area contributed by atoms with E-state index in [1.54, 1.807) is 7.11 Å². The van der Waals surface area contributed by atoms with Crippen LogP contribution in [0.3, 0.4) is 0 Å². The van der Waals surface area contributed by atoms with Gasteiger partial charge in [-0.25, -0.2) is 4.99 Å². The van der Waals surface area contributed by atoms with Gasteiger partial charge in [-0.05, 0) is 52.3 Å². The van der Waals surface area contributed by atoms with Crippen molar-refractivity contribution in [1.82, 2.24) is 15.5 Å². The summed E-state index contributed by atoms with van der Waals surface area (Å²) in [6.45, 7) is 16.0. The highest BCUT2D eigenvalue weighted by Crippen LogP contribution is 2.10. The van der Waals surface area contributed by atoms with Crippen LogP contribution in [-0.4, -0.2) is 62.8 Å². The Morgan fingerprint density at radius 3 is 2.21 bits per heavy atom. The van der Waals surface area contributed by atoms with Gasteiger partial charge in [-0.15, -0.1) is 24.0 Å². The van der Waals surface area contributed by atoms with Crippen LogP contribution in [0.4, 0.5) is 5.69 Å². The summed E-state index contributed by atoms with van der Waals surface area (Å²) in [4.78, 5) is 7.19. The largest absolute Gasteiger partial charge is 0.383 e. The Labute approximate surface area is 188 Å². The normalized spacial score (nSPS) is 11.7. The molecule has 1 aromatic carbocycles. The molecule has 0 aromatic heterocycles. The van der Waals surface area contributed by atoms with Crippen molar-refractivity contribution in [2.24, 2.45) is 4.99 Å². The van der Waals surface area contributed by atoms with Crippen LogP contribution in [0.1, 0.15) is 40.2 Å². The number of anilines is 1. The number of guanidine groups is 1. The first-order valence-electron chi connectivity index (χ1n) is 10.1. The number of ether oxygens (including phenoxy) is 1. The van der Waals surface area contributed by atoms with Crippen LogP contribution in [0.15, 0.2) is 29.3 Å². The molecule has 0 saturated carbocycles. The van der Waals surface area contributed by atoms with Gasteiger partial charge in [0.1, 0.15) is 0 Å². The molecule has 28 heavy (non-hydrogen) atoms. The van der Waals surface area contributed by atoms with Gasteiger partial charge in [0, 0.05) is 51.1 Å². The Balaban J connectivity index is 0.00000729. The molecule has 0 aliphatic heterocycles. The van der Waals surface area contributed by atoms with Crippen molar-refractivity contribution in [2.75, 3.05) is 45.2 Å². The molecule has 0 spiro atoms. The quantitative estimate of drug-likeness (QED) is 0.176. The Hall–Kier alpha value is -1.06. The lowest BCUT2D eigenvalue weighted by molar-refractivity contribution is 0.178. The molecule has 0 fully saturated rings. The molecule has 7 heteroatoms. The summed E-state index contributed by atoms with van der Waals surface area (Å²) in [6.07, 6.45) is 0. The third-order valence-corrected chi connectivity index (χ3v) is 4.34. The van der Waals surface area contributed by atoms with Crippen LogP contribution >= 0.6 is 24.0 Å². The summed E-state index contributed by atoms with van der Waals surface area (Å²) >= 11 is 0. The average molecular weight is 505 g/mol. The molecule has 0 amide bonds. The number of benzene rings is 1. The maximum absolute atomic E-state index is 5.05. The van der Waals surface area contributed by atoms with Gasteiger partial charge in [0.15, 0.2) is 5.96 Å². The predicted octanol–water partition coefficient (Wildman–Crippen LogP) is 3.54. The molecule has 0 aliphatic rings. The Morgan fingerprint density at radius 1 is 1.04 bits per heavy atom. The van der Waals surface area contributed by atoms with Crippen molar-refractivity contribution in [3.8, 4) is 0 Å². The van der Waals surface area contributed by atoms with Gasteiger partial charge in [-0.3, -0.25) is 4.90 Å². The third kappa shape index (κ3) is 11.1. The number of methoxy groups -OCH3 is 1. The van der Waals surface area contributed by atoms with Crippen molar-refractivity contribution in [3.63, 3.8) is 0 Å². The maximum atomic E-state index is 5.05. The van der Waals surface area contributed by atoms with Crippen LogP contribution in [0.25, 0.3) is 0 Å². The lowest BCUT2D eigenvalue weighted by Gasteiger charge is -2.30. The van der Waals surface area contributed by atoms with Crippen LogP contribution in [-0.2, 0) is 11.3 Å². The van der Waals surface area contributed by atoms with Crippen molar-refractivity contribution in [2.45, 2.75) is 53.2 Å². The number of aliphatic imine (C=N–C) groups is 1. The van der Waals surface area contributed by atoms with Gasteiger partial charge in [0.05, 0.1) is 13.2 Å². The monoisotopic (exact) mass is 505 g/mol. The topological polar surface area (TPSA) is 60.9 Å². The smallest absolute Gasteiger partial charge is 0.191 e. The SMILES string of the molecule is CCNC(=NCc1ccc(NCCOC)cc1)NCCN(C(C)C)C(C)C.I. The minimum Gasteiger partial charge on any atom is -0.383 e. The van der Waals surface area contributed by atoms with E-state index in [0.717, 1.165) is 37.8 Å². The summed E-state index contributed by atoms with van der Waals surface area (Å²) < 4.78 is 5.05. The molecule has 1 aromatic rings. The number of hydrogen-bond donors (Lipinski definition) is 3. The highest BCUT2D eigenvalue weighted by Gasteiger charge is 2.12. The van der Waals surface area contributed by atoms with E-state index in [9.17, 15) is 0 Å². The summed E-state index contributed by atoms with van der Waals surface area (Å²) in [5.74, 6) is 0.868. The first-order chi connectivity index (χ1) is 13.0. The average Bonchev–Trinajstić information content (AvgIpc) is 2.63. The number of rotatable bonds is 12. The predicted molar refractivity (Wildman–Crippen MR) is 132 cm³/mol. The summed E-state index contributed by atoms with van der Waals surface area (Å²) in [7, 11) is 1.71. The summed E-state index contributed by atoms with van der Waals surface area (Å²) in [5.41, 5.74) is 2.29. The van der Waals surface area contributed by atoms with E-state index in [0.29, 0.717) is 25.2 Å². The Bertz CT molecular complexity index is 526. The van der Waals surface area contributed by atoms with E-state index in [1.807, 2.05) is 0 Å². The molecule has 0 unspecified atom stereocenters. The zero-order valence-electron chi connectivity index (χ0n) is 18.4. The highest BCUT2D eigenvalue weighted by molar-refractivity contribution is 14.0. The summed E-state index contributed by atoms with van der Waals surface area (Å²) in [5, 5.41) is 10.1. The van der Waals surface area contributed by atoms with Gasteiger partial charge < -0.3 is 20.7 Å². The van der Waals surface area contributed by atoms with Gasteiger partial charge in [0.25, 0.3) is 0 Å². The fourth-order valence-corrected chi connectivity index (χ4v) is 2.95. The number of halogens is 1. The van der Waals surface area contributed by atoms with Gasteiger partial charge in [-0.2, -0.15) is 0 Å². The zero-order chi connectivity index (χ0) is 20.1. The standard InChI is InChI=1S/C21H39N5O.HI/c1-7-22-21(24-12-14-26(17(2)3)18(4)5)25-16-19-8-10-20(11-9-19)23-13-15-27-6;/h8-11,17-18,23H,7,12-16H2,1-6H3,(H2,22,24,25);1H. The molecule has 0 aliphatic carbocycles. The van der Waals surface area contributed by atoms with E-state index in [-0.39, 0.29) is 24.0 Å². The molecule has 1 rings (SSSR count). The van der Waals surface area contributed by atoms with Crippen LogP contribution in [0, 0.1) is 0 Å². The van der Waals surface area contributed by atoms with Crippen LogP contribution < -0.4 is 16.0 Å². The molecule has 0 atom stereocenters. The van der Waals surface area contributed by atoms with E-state index in [4.69, 9.17) is 9.73 Å². The molecule has 0 saturated heterocycles. The molecule has 3 N–H and O–H groups in total. The first kappa shape index (κ1) is 26.9. The van der Waals surface area contributed by atoms with Gasteiger partial charge in [-0.1, -0.05) is 12.1 Å². The Kier molecular flexibility index (Phi) is 15.2. The number of nitrogens with one attached hydrogen (secondary N) is 3. The number of hydrogen-bond acceptors (Lipinski definition) is 4. The summed E-state index contributed by atoms with van der Waals surface area (Å²) in [6, 6.07) is 9.49. The van der Waals surface area contributed by atoms with E-state index in [1.165, 1.54) is 5.56 Å². The molecule has 0 heterocycles. The van der Waals surface area contributed by atoms with E-state index in [2.05, 4.69) is 79.7 Å². The van der Waals surface area contributed by atoms with E-state index < -0.39 is 0 Å². The van der Waals surface area contributed by atoms with Gasteiger partial charge >= 0.3 is 0 Å². The second kappa shape index (κ2) is 15.8. The van der Waals surface area contributed by atoms with Crippen LogP contribution in [0.5, 0.6) is 0 Å². The zero-order valence-corrected chi connectivity index (χ0v) is 20.7. The fraction of sp³-hybridized carbons (Fsp3) is 0.667. The molecular weight excluding hydrogens is 465 g/mol. The van der Waals surface area contributed by atoms with E-state index >= 15 is 0 Å². The second-order valence-electron chi connectivity index (χ2n) is 7.16. The minimum atomic E-state index is 0. The molecule has 162 valence electrons. The van der Waals surface area contributed by atoms with Gasteiger partial charge in [0.2, 0.25) is 0 Å².